The highest BCUT2D eigenvalue weighted by atomic mass is 32.1. The van der Waals surface area contributed by atoms with Crippen LogP contribution in [0, 0.1) is 11.7 Å². The molecule has 6 heteroatoms. The van der Waals surface area contributed by atoms with Gasteiger partial charge >= 0.3 is 0 Å². The average Bonchev–Trinajstić information content (AvgIpc) is 2.93. The molecule has 0 unspecified atom stereocenters. The number of aromatic nitrogens is 4. The first-order valence-electron chi connectivity index (χ1n) is 5.31. The van der Waals surface area contributed by atoms with Crippen LogP contribution >= 0.6 is 12.2 Å². The van der Waals surface area contributed by atoms with E-state index in [1.54, 1.807) is 6.26 Å². The van der Waals surface area contributed by atoms with Gasteiger partial charge in [0.25, 0.3) is 0 Å². The van der Waals surface area contributed by atoms with Crippen LogP contribution in [0.2, 0.25) is 0 Å². The SMILES string of the molecule is Cc1nn(C)c2c1[nH]c(=S)n2Cc1ccco1. The van der Waals surface area contributed by atoms with Gasteiger partial charge in [0.2, 0.25) is 0 Å². The summed E-state index contributed by atoms with van der Waals surface area (Å²) in [5.74, 6) is 0.876. The van der Waals surface area contributed by atoms with Crippen LogP contribution in [0.15, 0.2) is 22.8 Å². The largest absolute Gasteiger partial charge is 0.467 e. The van der Waals surface area contributed by atoms with Gasteiger partial charge in [-0.15, -0.1) is 0 Å². The van der Waals surface area contributed by atoms with Crippen molar-refractivity contribution >= 4 is 23.4 Å². The highest BCUT2D eigenvalue weighted by Gasteiger charge is 2.13. The van der Waals surface area contributed by atoms with Gasteiger partial charge in [-0.1, -0.05) is 0 Å². The molecule has 0 bridgehead atoms. The monoisotopic (exact) mass is 248 g/mol. The number of aryl methyl sites for hydroxylation is 2. The second kappa shape index (κ2) is 3.59. The summed E-state index contributed by atoms with van der Waals surface area (Å²) in [6.07, 6.45) is 1.66. The third-order valence-corrected chi connectivity index (χ3v) is 3.14. The lowest BCUT2D eigenvalue weighted by molar-refractivity contribution is 0.493. The van der Waals surface area contributed by atoms with E-state index in [4.69, 9.17) is 16.6 Å². The predicted molar refractivity (Wildman–Crippen MR) is 66.4 cm³/mol. The van der Waals surface area contributed by atoms with E-state index in [0.717, 1.165) is 22.6 Å². The summed E-state index contributed by atoms with van der Waals surface area (Å²) in [4.78, 5) is 3.18. The minimum atomic E-state index is 0.616. The Bertz CT molecular complexity index is 717. The minimum absolute atomic E-state index is 0.616. The maximum Gasteiger partial charge on any atom is 0.179 e. The molecule has 3 rings (SSSR count). The van der Waals surface area contributed by atoms with Crippen LogP contribution in [-0.2, 0) is 13.6 Å². The summed E-state index contributed by atoms with van der Waals surface area (Å²) in [7, 11) is 1.91. The average molecular weight is 248 g/mol. The third kappa shape index (κ3) is 1.52. The zero-order valence-corrected chi connectivity index (χ0v) is 10.4. The Morgan fingerprint density at radius 3 is 3.06 bits per heavy atom. The van der Waals surface area contributed by atoms with Crippen molar-refractivity contribution in [2.45, 2.75) is 13.5 Å². The number of imidazole rings is 1. The maximum atomic E-state index is 5.35. The first-order valence-corrected chi connectivity index (χ1v) is 5.72. The molecule has 0 fully saturated rings. The fourth-order valence-electron chi connectivity index (χ4n) is 2.08. The van der Waals surface area contributed by atoms with Crippen molar-refractivity contribution in [3.63, 3.8) is 0 Å². The Hall–Kier alpha value is -1.82. The molecule has 17 heavy (non-hydrogen) atoms. The molecule has 0 saturated carbocycles. The highest BCUT2D eigenvalue weighted by Crippen LogP contribution is 2.18. The Kier molecular flexibility index (Phi) is 2.19. The number of hydrogen-bond donors (Lipinski definition) is 1. The molecule has 0 aliphatic heterocycles. The van der Waals surface area contributed by atoms with Gasteiger partial charge in [0, 0.05) is 7.05 Å². The van der Waals surface area contributed by atoms with Crippen LogP contribution < -0.4 is 0 Å². The number of nitrogens with one attached hydrogen (secondary N) is 1. The number of hydrogen-bond acceptors (Lipinski definition) is 3. The predicted octanol–water partition coefficient (Wildman–Crippen LogP) is 2.38. The topological polar surface area (TPSA) is 51.7 Å². The lowest BCUT2D eigenvalue weighted by Gasteiger charge is -2.01. The van der Waals surface area contributed by atoms with Crippen molar-refractivity contribution in [3.05, 3.63) is 34.6 Å². The second-order valence-corrected chi connectivity index (χ2v) is 4.39. The first kappa shape index (κ1) is 10.3. The Morgan fingerprint density at radius 1 is 1.53 bits per heavy atom. The first-order chi connectivity index (χ1) is 8.16. The summed E-state index contributed by atoms with van der Waals surface area (Å²) >= 11 is 5.32. The van der Waals surface area contributed by atoms with Gasteiger partial charge in [-0.25, -0.2) is 0 Å². The van der Waals surface area contributed by atoms with Gasteiger partial charge in [-0.3, -0.25) is 9.25 Å². The van der Waals surface area contributed by atoms with Crippen molar-refractivity contribution in [1.82, 2.24) is 19.3 Å². The third-order valence-electron chi connectivity index (χ3n) is 2.82. The van der Waals surface area contributed by atoms with Crippen LogP contribution in [0.5, 0.6) is 0 Å². The molecular formula is C11H12N4OS. The lowest BCUT2D eigenvalue weighted by atomic mass is 10.4. The molecule has 1 N–H and O–H groups in total. The zero-order valence-electron chi connectivity index (χ0n) is 9.60. The molecule has 5 nitrogen and oxygen atoms in total. The van der Waals surface area contributed by atoms with E-state index >= 15 is 0 Å². The summed E-state index contributed by atoms with van der Waals surface area (Å²) in [6, 6.07) is 3.81. The molecule has 0 aromatic carbocycles. The molecule has 0 radical (unpaired) electrons. The maximum absolute atomic E-state index is 5.35. The standard InChI is InChI=1S/C11H12N4OS/c1-7-9-10(14(2)13-7)15(11(17)12-9)6-8-4-3-5-16-8/h3-5H,6H2,1-2H3,(H,12,17). The van der Waals surface area contributed by atoms with Gasteiger partial charge in [0.05, 0.1) is 18.5 Å². The van der Waals surface area contributed by atoms with Crippen LogP contribution in [0.3, 0.4) is 0 Å². The minimum Gasteiger partial charge on any atom is -0.467 e. The summed E-state index contributed by atoms with van der Waals surface area (Å²) in [5, 5.41) is 4.37. The Morgan fingerprint density at radius 2 is 2.35 bits per heavy atom. The number of furan rings is 1. The van der Waals surface area contributed by atoms with E-state index < -0.39 is 0 Å². The van der Waals surface area contributed by atoms with E-state index in [0.29, 0.717) is 11.3 Å². The molecule has 0 atom stereocenters. The van der Waals surface area contributed by atoms with Gasteiger partial charge in [0.1, 0.15) is 11.3 Å². The molecule has 0 aliphatic carbocycles. The van der Waals surface area contributed by atoms with E-state index in [-0.39, 0.29) is 0 Å². The molecule has 0 saturated heterocycles. The van der Waals surface area contributed by atoms with Gasteiger partial charge < -0.3 is 9.40 Å². The van der Waals surface area contributed by atoms with E-state index in [1.165, 1.54) is 0 Å². The van der Waals surface area contributed by atoms with E-state index in [9.17, 15) is 0 Å². The fraction of sp³-hybridized carbons (Fsp3) is 0.273. The number of H-pyrrole nitrogens is 1. The van der Waals surface area contributed by atoms with E-state index in [1.807, 2.05) is 35.4 Å². The summed E-state index contributed by atoms with van der Waals surface area (Å²) in [5.41, 5.74) is 2.93. The Balaban J connectivity index is 2.21. The van der Waals surface area contributed by atoms with Crippen LogP contribution in [0.25, 0.3) is 11.2 Å². The molecule has 0 spiro atoms. The Labute approximate surface area is 103 Å². The zero-order chi connectivity index (χ0) is 12.0. The smallest absolute Gasteiger partial charge is 0.179 e. The van der Waals surface area contributed by atoms with Crippen molar-refractivity contribution < 1.29 is 4.42 Å². The number of nitrogens with zero attached hydrogens (tertiary/aromatic N) is 3. The van der Waals surface area contributed by atoms with Crippen molar-refractivity contribution in [2.24, 2.45) is 7.05 Å². The number of fused-ring (bicyclic) bond motifs is 1. The highest BCUT2D eigenvalue weighted by molar-refractivity contribution is 7.71. The van der Waals surface area contributed by atoms with Crippen molar-refractivity contribution in [2.75, 3.05) is 0 Å². The van der Waals surface area contributed by atoms with Gasteiger partial charge in [0.15, 0.2) is 10.4 Å². The van der Waals surface area contributed by atoms with Crippen molar-refractivity contribution in [3.8, 4) is 0 Å². The quantitative estimate of drug-likeness (QED) is 0.708. The van der Waals surface area contributed by atoms with Gasteiger partial charge in [-0.2, -0.15) is 5.10 Å². The van der Waals surface area contributed by atoms with Gasteiger partial charge in [-0.05, 0) is 31.3 Å². The fourth-order valence-corrected chi connectivity index (χ4v) is 2.33. The number of aromatic amines is 1. The molecule has 0 aliphatic rings. The van der Waals surface area contributed by atoms with Crippen molar-refractivity contribution in [1.29, 1.82) is 0 Å². The summed E-state index contributed by atoms with van der Waals surface area (Å²) < 4.78 is 9.86. The molecular weight excluding hydrogens is 236 g/mol. The summed E-state index contributed by atoms with van der Waals surface area (Å²) in [6.45, 7) is 2.58. The van der Waals surface area contributed by atoms with E-state index in [2.05, 4.69) is 10.1 Å². The molecule has 0 amide bonds. The molecule has 3 aromatic rings. The van der Waals surface area contributed by atoms with Crippen LogP contribution in [-0.4, -0.2) is 19.3 Å². The van der Waals surface area contributed by atoms with Crippen LogP contribution in [0.1, 0.15) is 11.5 Å². The van der Waals surface area contributed by atoms with Crippen LogP contribution in [0.4, 0.5) is 0 Å². The lowest BCUT2D eigenvalue weighted by Crippen LogP contribution is -2.03. The molecule has 3 aromatic heterocycles. The molecule has 88 valence electrons. The molecule has 3 heterocycles. The second-order valence-electron chi connectivity index (χ2n) is 4.00. The normalized spacial score (nSPS) is 11.4. The number of rotatable bonds is 2.